The molecule has 7 nitrogen and oxygen atoms in total. The number of hydrogen-bond donors (Lipinski definition) is 3. The third kappa shape index (κ3) is 5.55. The molecular formula is C18H16F3N3O4. The van der Waals surface area contributed by atoms with E-state index in [1.807, 2.05) is 48.5 Å². The third-order valence-electron chi connectivity index (χ3n) is 3.34. The van der Waals surface area contributed by atoms with E-state index in [9.17, 15) is 18.0 Å². The molecule has 0 fully saturated rings. The molecule has 4 N–H and O–H groups in total. The van der Waals surface area contributed by atoms with E-state index in [-0.39, 0.29) is 12.3 Å². The summed E-state index contributed by atoms with van der Waals surface area (Å²) in [5, 5.41) is 9.96. The van der Waals surface area contributed by atoms with Crippen LogP contribution < -0.4 is 11.1 Å². The zero-order chi connectivity index (χ0) is 20.7. The second kappa shape index (κ2) is 9.00. The molecular weight excluding hydrogens is 379 g/mol. The first-order valence-electron chi connectivity index (χ1n) is 7.97. The number of carbonyl (C=O) groups is 2. The predicted molar refractivity (Wildman–Crippen MR) is 95.4 cm³/mol. The molecule has 0 saturated heterocycles. The van der Waals surface area contributed by atoms with Gasteiger partial charge in [-0.1, -0.05) is 24.3 Å². The minimum Gasteiger partial charge on any atom is -0.475 e. The highest BCUT2D eigenvalue weighted by Crippen LogP contribution is 2.30. The van der Waals surface area contributed by atoms with Crippen LogP contribution in [-0.2, 0) is 9.59 Å². The van der Waals surface area contributed by atoms with Crippen molar-refractivity contribution in [3.05, 3.63) is 48.5 Å². The average molecular weight is 395 g/mol. The van der Waals surface area contributed by atoms with Crippen LogP contribution in [0, 0.1) is 0 Å². The van der Waals surface area contributed by atoms with Gasteiger partial charge in [0.1, 0.15) is 5.52 Å². The lowest BCUT2D eigenvalue weighted by Gasteiger charge is -2.08. The second-order valence-electron chi connectivity index (χ2n) is 5.42. The number of oxazole rings is 1. The van der Waals surface area contributed by atoms with Crippen molar-refractivity contribution in [2.45, 2.75) is 12.6 Å². The highest BCUT2D eigenvalue weighted by atomic mass is 19.4. The van der Waals surface area contributed by atoms with Crippen molar-refractivity contribution >= 4 is 28.7 Å². The maximum absolute atomic E-state index is 11.7. The number of carbonyl (C=O) groups excluding carboxylic acids is 1. The molecule has 3 aromatic rings. The predicted octanol–water partition coefficient (Wildman–Crippen LogP) is 3.42. The number of hydrogen-bond acceptors (Lipinski definition) is 5. The minimum atomic E-state index is -5.08. The molecule has 0 aliphatic heterocycles. The summed E-state index contributed by atoms with van der Waals surface area (Å²) in [4.78, 5) is 25.1. The van der Waals surface area contributed by atoms with Crippen molar-refractivity contribution in [3.8, 4) is 11.5 Å². The lowest BCUT2D eigenvalue weighted by atomic mass is 10.1. The summed E-state index contributed by atoms with van der Waals surface area (Å²) < 4.78 is 37.5. The van der Waals surface area contributed by atoms with Crippen LogP contribution in [0.3, 0.4) is 0 Å². The molecule has 0 saturated carbocycles. The highest BCUT2D eigenvalue weighted by Gasteiger charge is 2.38. The van der Waals surface area contributed by atoms with Crippen LogP contribution in [0.1, 0.15) is 6.42 Å². The Kier molecular flexibility index (Phi) is 6.72. The number of nitrogens with one attached hydrogen (secondary N) is 1. The van der Waals surface area contributed by atoms with Gasteiger partial charge in [0.15, 0.2) is 5.58 Å². The standard InChI is InChI=1S/C16H15N3O2.C2HF3O2/c17-10-9-15(20)18-12-6-2-1-5-11(12)16-19-13-7-3-4-8-14(13)21-16;3-2(4,5)1(6)7/h1-8H,9-10,17H2,(H,18,20);(H,6,7). The summed E-state index contributed by atoms with van der Waals surface area (Å²) in [5.41, 5.74) is 8.32. The first-order chi connectivity index (χ1) is 13.2. The number of carboxylic acid groups (broad SMARTS) is 1. The molecule has 0 unspecified atom stereocenters. The lowest BCUT2D eigenvalue weighted by Crippen LogP contribution is -2.21. The van der Waals surface area contributed by atoms with Crippen molar-refractivity contribution in [2.75, 3.05) is 11.9 Å². The molecule has 148 valence electrons. The Morgan fingerprint density at radius 1 is 1.11 bits per heavy atom. The molecule has 1 heterocycles. The van der Waals surface area contributed by atoms with Crippen molar-refractivity contribution < 1.29 is 32.3 Å². The number of fused-ring (bicyclic) bond motifs is 1. The monoisotopic (exact) mass is 395 g/mol. The summed E-state index contributed by atoms with van der Waals surface area (Å²) in [6, 6.07) is 15.0. The second-order valence-corrected chi connectivity index (χ2v) is 5.42. The number of halogens is 3. The van der Waals surface area contributed by atoms with Crippen LogP contribution in [0.15, 0.2) is 52.9 Å². The number of nitrogens with zero attached hydrogens (tertiary/aromatic N) is 1. The van der Waals surface area contributed by atoms with Crippen molar-refractivity contribution in [2.24, 2.45) is 5.73 Å². The minimum absolute atomic E-state index is 0.124. The van der Waals surface area contributed by atoms with Crippen LogP contribution in [0.5, 0.6) is 0 Å². The van der Waals surface area contributed by atoms with Gasteiger partial charge in [-0.2, -0.15) is 13.2 Å². The molecule has 2 aromatic carbocycles. The number of anilines is 1. The van der Waals surface area contributed by atoms with Gasteiger partial charge in [-0.15, -0.1) is 0 Å². The van der Waals surface area contributed by atoms with E-state index in [0.717, 1.165) is 16.7 Å². The maximum atomic E-state index is 11.7. The van der Waals surface area contributed by atoms with Gasteiger partial charge in [0.2, 0.25) is 11.8 Å². The summed E-state index contributed by atoms with van der Waals surface area (Å²) in [6.07, 6.45) is -4.80. The van der Waals surface area contributed by atoms with Gasteiger partial charge in [-0.25, -0.2) is 9.78 Å². The van der Waals surface area contributed by atoms with E-state index in [2.05, 4.69) is 10.3 Å². The molecule has 3 rings (SSSR count). The zero-order valence-corrected chi connectivity index (χ0v) is 14.4. The van der Waals surface area contributed by atoms with Gasteiger partial charge < -0.3 is 20.6 Å². The van der Waals surface area contributed by atoms with Crippen LogP contribution >= 0.6 is 0 Å². The Morgan fingerprint density at radius 2 is 1.71 bits per heavy atom. The van der Waals surface area contributed by atoms with E-state index in [1.165, 1.54) is 0 Å². The summed E-state index contributed by atoms with van der Waals surface area (Å²) >= 11 is 0. The largest absolute Gasteiger partial charge is 0.490 e. The van der Waals surface area contributed by atoms with Crippen molar-refractivity contribution in [3.63, 3.8) is 0 Å². The van der Waals surface area contributed by atoms with E-state index >= 15 is 0 Å². The average Bonchev–Trinajstić information content (AvgIpc) is 3.06. The molecule has 0 radical (unpaired) electrons. The fourth-order valence-corrected chi connectivity index (χ4v) is 2.11. The molecule has 0 atom stereocenters. The number of alkyl halides is 3. The van der Waals surface area contributed by atoms with Gasteiger partial charge in [-0.05, 0) is 24.3 Å². The third-order valence-corrected chi connectivity index (χ3v) is 3.34. The lowest BCUT2D eigenvalue weighted by molar-refractivity contribution is -0.192. The van der Waals surface area contributed by atoms with E-state index in [4.69, 9.17) is 20.1 Å². The Balaban J connectivity index is 0.000000345. The number of amides is 1. The fourth-order valence-electron chi connectivity index (χ4n) is 2.11. The number of aromatic nitrogens is 1. The van der Waals surface area contributed by atoms with Gasteiger partial charge in [0.25, 0.3) is 0 Å². The topological polar surface area (TPSA) is 118 Å². The van der Waals surface area contributed by atoms with Gasteiger partial charge in [0, 0.05) is 13.0 Å². The Bertz CT molecular complexity index is 937. The van der Waals surface area contributed by atoms with E-state index < -0.39 is 12.1 Å². The first-order valence-corrected chi connectivity index (χ1v) is 7.97. The van der Waals surface area contributed by atoms with Gasteiger partial charge >= 0.3 is 12.1 Å². The number of carboxylic acids is 1. The SMILES string of the molecule is NCCC(=O)Nc1ccccc1-c1nc2ccccc2o1.O=C(O)C(F)(F)F. The molecule has 28 heavy (non-hydrogen) atoms. The van der Waals surface area contributed by atoms with Crippen LogP contribution in [-0.4, -0.2) is 34.7 Å². The van der Waals surface area contributed by atoms with Crippen LogP contribution in [0.25, 0.3) is 22.6 Å². The Labute approximate surface area is 157 Å². The quantitative estimate of drug-likeness (QED) is 0.623. The molecule has 0 spiro atoms. The smallest absolute Gasteiger partial charge is 0.475 e. The van der Waals surface area contributed by atoms with E-state index in [1.54, 1.807) is 0 Å². The number of aliphatic carboxylic acids is 1. The molecule has 1 amide bonds. The van der Waals surface area contributed by atoms with Crippen LogP contribution in [0.2, 0.25) is 0 Å². The molecule has 1 aromatic heterocycles. The first kappa shape index (κ1) is 20.9. The summed E-state index contributed by atoms with van der Waals surface area (Å²) in [7, 11) is 0. The molecule has 0 bridgehead atoms. The van der Waals surface area contributed by atoms with Crippen LogP contribution in [0.4, 0.5) is 18.9 Å². The summed E-state index contributed by atoms with van der Waals surface area (Å²) in [6.45, 7) is 0.316. The Hall–Kier alpha value is -3.40. The van der Waals surface area contributed by atoms with Gasteiger partial charge in [0.05, 0.1) is 11.3 Å². The molecule has 0 aliphatic rings. The van der Waals surface area contributed by atoms with Gasteiger partial charge in [-0.3, -0.25) is 4.79 Å². The summed E-state index contributed by atoms with van der Waals surface area (Å²) in [5.74, 6) is -2.39. The number of benzene rings is 2. The van der Waals surface area contributed by atoms with E-state index in [0.29, 0.717) is 18.1 Å². The van der Waals surface area contributed by atoms with Crippen molar-refractivity contribution in [1.82, 2.24) is 4.98 Å². The number of nitrogens with two attached hydrogens (primary N) is 1. The maximum Gasteiger partial charge on any atom is 0.490 e. The van der Waals surface area contributed by atoms with Crippen molar-refractivity contribution in [1.29, 1.82) is 0 Å². The highest BCUT2D eigenvalue weighted by molar-refractivity contribution is 5.95. The molecule has 0 aliphatic carbocycles. The Morgan fingerprint density at radius 3 is 2.32 bits per heavy atom. The number of rotatable bonds is 4. The molecule has 10 heteroatoms. The fraction of sp³-hybridized carbons (Fsp3) is 0.167. The number of para-hydroxylation sites is 3. The normalized spacial score (nSPS) is 10.9. The zero-order valence-electron chi connectivity index (χ0n) is 14.4.